The lowest BCUT2D eigenvalue weighted by atomic mass is 10.3. The Morgan fingerprint density at radius 3 is 2.53 bits per heavy atom. The summed E-state index contributed by atoms with van der Waals surface area (Å²) in [6.45, 7) is 1.48. The lowest BCUT2D eigenvalue weighted by molar-refractivity contribution is -0.235. The number of carboxylic acids is 1. The molecule has 1 unspecified atom stereocenters. The van der Waals surface area contributed by atoms with Crippen LogP contribution in [0, 0.1) is 0 Å². The highest BCUT2D eigenvalue weighted by Crippen LogP contribution is 2.04. The number of nitrogens with one attached hydrogen (secondary N) is 1. The number of hydrogen-bond acceptors (Lipinski definition) is 5. The normalized spacial score (nSPS) is 14.3. The number of ether oxygens (including phenoxy) is 1. The van der Waals surface area contributed by atoms with Crippen LogP contribution in [0.25, 0.3) is 0 Å². The lowest BCUT2D eigenvalue weighted by Gasteiger charge is -2.23. The Morgan fingerprint density at radius 2 is 2.13 bits per heavy atom. The Bertz CT molecular complexity index is 233. The molecule has 0 radical (unpaired) electrons. The largest absolute Gasteiger partial charge is 0.476 e. The third-order valence-electron chi connectivity index (χ3n) is 1.59. The third kappa shape index (κ3) is 4.73. The van der Waals surface area contributed by atoms with E-state index < -0.39 is 24.3 Å². The molecular weight excluding hydrogens is 204 g/mol. The maximum atomic E-state index is 10.8. The molecule has 0 aliphatic rings. The van der Waals surface area contributed by atoms with Gasteiger partial charge in [-0.1, -0.05) is 13.3 Å². The molecule has 0 spiro atoms. The highest BCUT2D eigenvalue weighted by atomic mass is 16.7. The summed E-state index contributed by atoms with van der Waals surface area (Å²) in [4.78, 5) is 21.5. The number of aliphatic hydroxyl groups is 1. The van der Waals surface area contributed by atoms with Gasteiger partial charge in [0.05, 0.1) is 13.2 Å². The first-order valence-electron chi connectivity index (χ1n) is 4.57. The fourth-order valence-corrected chi connectivity index (χ4v) is 0.756. The summed E-state index contributed by atoms with van der Waals surface area (Å²) >= 11 is 0. The number of aliphatic carboxylic acids is 1. The second-order valence-corrected chi connectivity index (χ2v) is 2.90. The number of carbonyl (C=O) groups is 2. The minimum atomic E-state index is -2.69. The smallest absolute Gasteiger partial charge is 0.387 e. The van der Waals surface area contributed by atoms with Gasteiger partial charge >= 0.3 is 11.9 Å². The average Bonchev–Trinajstić information content (AvgIpc) is 2.17. The van der Waals surface area contributed by atoms with Crippen molar-refractivity contribution in [3.8, 4) is 0 Å². The molecule has 0 aromatic rings. The van der Waals surface area contributed by atoms with Crippen LogP contribution in [0.3, 0.4) is 0 Å². The Kier molecular flexibility index (Phi) is 5.83. The SMILES string of the molecule is CCCCOC(O)(NC(=O)CN)C(=O)O. The molecule has 0 rings (SSSR count). The van der Waals surface area contributed by atoms with Crippen molar-refractivity contribution in [3.05, 3.63) is 0 Å². The highest BCUT2D eigenvalue weighted by Gasteiger charge is 2.39. The van der Waals surface area contributed by atoms with Crippen molar-refractivity contribution in [1.82, 2.24) is 5.32 Å². The van der Waals surface area contributed by atoms with E-state index in [1.165, 1.54) is 0 Å². The molecule has 0 heterocycles. The molecule has 7 heteroatoms. The van der Waals surface area contributed by atoms with Crippen molar-refractivity contribution in [2.24, 2.45) is 5.73 Å². The molecule has 1 amide bonds. The minimum Gasteiger partial charge on any atom is -0.476 e. The van der Waals surface area contributed by atoms with E-state index in [1.54, 1.807) is 5.32 Å². The summed E-state index contributed by atoms with van der Waals surface area (Å²) in [5, 5.41) is 19.8. The van der Waals surface area contributed by atoms with E-state index in [4.69, 9.17) is 10.8 Å². The Balaban J connectivity index is 4.32. The van der Waals surface area contributed by atoms with Gasteiger partial charge in [0.2, 0.25) is 5.91 Å². The van der Waals surface area contributed by atoms with Crippen molar-refractivity contribution in [3.63, 3.8) is 0 Å². The van der Waals surface area contributed by atoms with E-state index in [1.807, 2.05) is 6.92 Å². The first-order chi connectivity index (χ1) is 6.96. The van der Waals surface area contributed by atoms with Crippen molar-refractivity contribution in [1.29, 1.82) is 0 Å². The minimum absolute atomic E-state index is 0.0319. The van der Waals surface area contributed by atoms with Crippen LogP contribution < -0.4 is 11.1 Å². The zero-order chi connectivity index (χ0) is 11.9. The molecule has 1 atom stereocenters. The van der Waals surface area contributed by atoms with Crippen molar-refractivity contribution in [2.75, 3.05) is 13.2 Å². The summed E-state index contributed by atoms with van der Waals surface area (Å²) < 4.78 is 4.67. The van der Waals surface area contributed by atoms with Crippen molar-refractivity contribution < 1.29 is 24.5 Å². The predicted octanol–water partition coefficient (Wildman–Crippen LogP) is -1.39. The number of rotatable bonds is 7. The molecule has 88 valence electrons. The summed E-state index contributed by atoms with van der Waals surface area (Å²) in [6, 6.07) is 0. The van der Waals surface area contributed by atoms with Crippen LogP contribution >= 0.6 is 0 Å². The van der Waals surface area contributed by atoms with Gasteiger partial charge in [0.15, 0.2) is 0 Å². The summed E-state index contributed by atoms with van der Waals surface area (Å²) in [7, 11) is 0. The quantitative estimate of drug-likeness (QED) is 0.309. The van der Waals surface area contributed by atoms with Crippen LogP contribution in [-0.4, -0.2) is 41.2 Å². The fraction of sp³-hybridized carbons (Fsp3) is 0.750. The predicted molar refractivity (Wildman–Crippen MR) is 50.6 cm³/mol. The number of hydrogen-bond donors (Lipinski definition) is 4. The molecule has 7 nitrogen and oxygen atoms in total. The average molecular weight is 220 g/mol. The molecule has 0 saturated heterocycles. The van der Waals surface area contributed by atoms with E-state index in [2.05, 4.69) is 4.74 Å². The molecule has 0 aromatic carbocycles. The summed E-state index contributed by atoms with van der Waals surface area (Å²) in [6.07, 6.45) is 1.36. The van der Waals surface area contributed by atoms with E-state index in [0.717, 1.165) is 6.42 Å². The standard InChI is InChI=1S/C8H16N2O5/c1-2-3-4-15-8(14,7(12)13)10-6(11)5-9/h14H,2-5,9H2,1H3,(H,10,11)(H,12,13). The van der Waals surface area contributed by atoms with Crippen LogP contribution in [0.15, 0.2) is 0 Å². The summed E-state index contributed by atoms with van der Waals surface area (Å²) in [5.41, 5.74) is 4.96. The third-order valence-corrected chi connectivity index (χ3v) is 1.59. The first-order valence-corrected chi connectivity index (χ1v) is 4.57. The Labute approximate surface area is 87.2 Å². The second-order valence-electron chi connectivity index (χ2n) is 2.90. The second kappa shape index (κ2) is 6.33. The van der Waals surface area contributed by atoms with Crippen LogP contribution in [0.2, 0.25) is 0 Å². The zero-order valence-corrected chi connectivity index (χ0v) is 8.52. The van der Waals surface area contributed by atoms with Crippen LogP contribution in [0.5, 0.6) is 0 Å². The molecule has 0 aliphatic carbocycles. The molecule has 0 fully saturated rings. The molecular formula is C8H16N2O5. The van der Waals surface area contributed by atoms with Gasteiger partial charge in [-0.15, -0.1) is 0 Å². The van der Waals surface area contributed by atoms with Crippen LogP contribution in [0.1, 0.15) is 19.8 Å². The van der Waals surface area contributed by atoms with Crippen molar-refractivity contribution >= 4 is 11.9 Å². The van der Waals surface area contributed by atoms with E-state index in [-0.39, 0.29) is 6.61 Å². The Hall–Kier alpha value is -1.18. The summed E-state index contributed by atoms with van der Waals surface area (Å²) in [5.74, 6) is -5.18. The van der Waals surface area contributed by atoms with Gasteiger partial charge in [-0.25, -0.2) is 4.79 Å². The number of nitrogens with two attached hydrogens (primary N) is 1. The van der Waals surface area contributed by atoms with E-state index in [9.17, 15) is 14.7 Å². The van der Waals surface area contributed by atoms with Gasteiger partial charge < -0.3 is 20.7 Å². The maximum absolute atomic E-state index is 10.8. The van der Waals surface area contributed by atoms with E-state index >= 15 is 0 Å². The first kappa shape index (κ1) is 13.8. The Morgan fingerprint density at radius 1 is 1.53 bits per heavy atom. The van der Waals surface area contributed by atoms with Crippen LogP contribution in [-0.2, 0) is 14.3 Å². The van der Waals surface area contributed by atoms with Gasteiger partial charge in [-0.3, -0.25) is 10.1 Å². The molecule has 0 aliphatic heterocycles. The number of carbonyl (C=O) groups excluding carboxylic acids is 1. The van der Waals surface area contributed by atoms with Gasteiger partial charge in [0, 0.05) is 0 Å². The highest BCUT2D eigenvalue weighted by molar-refractivity contribution is 5.85. The van der Waals surface area contributed by atoms with Gasteiger partial charge in [-0.2, -0.15) is 0 Å². The van der Waals surface area contributed by atoms with E-state index in [0.29, 0.717) is 6.42 Å². The van der Waals surface area contributed by atoms with Crippen LogP contribution in [0.4, 0.5) is 0 Å². The molecule has 5 N–H and O–H groups in total. The fourth-order valence-electron chi connectivity index (χ4n) is 0.756. The van der Waals surface area contributed by atoms with Crippen molar-refractivity contribution in [2.45, 2.75) is 25.7 Å². The topological polar surface area (TPSA) is 122 Å². The number of amides is 1. The monoisotopic (exact) mass is 220 g/mol. The lowest BCUT2D eigenvalue weighted by Crippen LogP contribution is -2.58. The molecule has 0 aromatic heterocycles. The molecule has 0 bridgehead atoms. The maximum Gasteiger partial charge on any atom is 0.387 e. The molecule has 0 saturated carbocycles. The van der Waals surface area contributed by atoms with Gasteiger partial charge in [-0.05, 0) is 6.42 Å². The zero-order valence-electron chi connectivity index (χ0n) is 8.52. The number of unbranched alkanes of at least 4 members (excludes halogenated alkanes) is 1. The van der Waals surface area contributed by atoms with Gasteiger partial charge in [0.25, 0.3) is 0 Å². The van der Waals surface area contributed by atoms with Gasteiger partial charge in [0.1, 0.15) is 0 Å². The molecule has 15 heavy (non-hydrogen) atoms. The number of carboxylic acid groups (broad SMARTS) is 1.